The number of rotatable bonds is 14. The van der Waals surface area contributed by atoms with Crippen LogP contribution < -0.4 is 10.6 Å². The lowest BCUT2D eigenvalue weighted by Crippen LogP contribution is -2.42. The first-order valence-electron chi connectivity index (χ1n) is 15.0. The zero-order valence-corrected chi connectivity index (χ0v) is 26.6. The molecule has 3 rings (SSSR count). The van der Waals surface area contributed by atoms with Gasteiger partial charge in [-0.2, -0.15) is 0 Å². The molecule has 1 aliphatic carbocycles. The number of hydrogen-bond acceptors (Lipinski definition) is 6. The standard InChI is InChI=1S/C33H48N2O6S/c1-23-11-9-10-14-27(23)29-20-25(15-16-28(29)31(36)35-30(32(37)38)17-18-42(5,39)40)21-34-26(22-41-33(2,3)4)19-24-12-7-6-8-13-24/h9-11,14-16,20,24,26,30,34H,6-8,12-13,17-19,21-22H2,1-5H3,(H,35,36)(H,37,38)/t26-,30+/m1/s1. The Morgan fingerprint density at radius 2 is 1.74 bits per heavy atom. The average molecular weight is 601 g/mol. The highest BCUT2D eigenvalue weighted by molar-refractivity contribution is 7.90. The first kappa shape index (κ1) is 33.7. The molecular formula is C33H48N2O6S. The van der Waals surface area contributed by atoms with E-state index >= 15 is 0 Å². The van der Waals surface area contributed by atoms with Crippen molar-refractivity contribution in [1.29, 1.82) is 0 Å². The van der Waals surface area contributed by atoms with Crippen LogP contribution in [-0.4, -0.2) is 61.7 Å². The van der Waals surface area contributed by atoms with Gasteiger partial charge in [0, 0.05) is 24.4 Å². The lowest BCUT2D eigenvalue weighted by atomic mass is 9.85. The zero-order chi connectivity index (χ0) is 30.9. The summed E-state index contributed by atoms with van der Waals surface area (Å²) >= 11 is 0. The van der Waals surface area contributed by atoms with Gasteiger partial charge in [-0.3, -0.25) is 4.79 Å². The number of nitrogens with one attached hydrogen (secondary N) is 2. The minimum atomic E-state index is -3.38. The van der Waals surface area contributed by atoms with Crippen LogP contribution in [0.25, 0.3) is 11.1 Å². The van der Waals surface area contributed by atoms with E-state index in [1.165, 1.54) is 32.1 Å². The maximum Gasteiger partial charge on any atom is 0.326 e. The van der Waals surface area contributed by atoms with Gasteiger partial charge in [0.05, 0.1) is 18.0 Å². The monoisotopic (exact) mass is 600 g/mol. The second-order valence-corrected chi connectivity index (χ2v) is 15.0. The summed E-state index contributed by atoms with van der Waals surface area (Å²) < 4.78 is 29.4. The van der Waals surface area contributed by atoms with Crippen molar-refractivity contribution in [2.45, 2.75) is 96.9 Å². The van der Waals surface area contributed by atoms with Crippen molar-refractivity contribution in [2.75, 3.05) is 18.6 Å². The molecule has 232 valence electrons. The Balaban J connectivity index is 1.85. The lowest BCUT2D eigenvalue weighted by molar-refractivity contribution is -0.139. The number of amides is 1. The molecule has 0 aromatic heterocycles. The molecule has 9 heteroatoms. The molecule has 0 bridgehead atoms. The van der Waals surface area contributed by atoms with Crippen LogP contribution >= 0.6 is 0 Å². The number of hydrogen-bond donors (Lipinski definition) is 3. The Bertz CT molecular complexity index is 1310. The van der Waals surface area contributed by atoms with Gasteiger partial charge < -0.3 is 20.5 Å². The van der Waals surface area contributed by atoms with E-state index in [0.29, 0.717) is 30.2 Å². The van der Waals surface area contributed by atoms with E-state index in [9.17, 15) is 23.1 Å². The number of aliphatic carboxylic acids is 1. The second-order valence-electron chi connectivity index (χ2n) is 12.7. The predicted octanol–water partition coefficient (Wildman–Crippen LogP) is 5.52. The summed E-state index contributed by atoms with van der Waals surface area (Å²) in [6.45, 7) is 9.39. The summed E-state index contributed by atoms with van der Waals surface area (Å²) in [5.74, 6) is -1.46. The first-order chi connectivity index (χ1) is 19.7. The van der Waals surface area contributed by atoms with Gasteiger partial charge in [-0.25, -0.2) is 13.2 Å². The molecule has 0 unspecified atom stereocenters. The van der Waals surface area contributed by atoms with E-state index in [4.69, 9.17) is 4.74 Å². The molecule has 0 spiro atoms. The Morgan fingerprint density at radius 1 is 1.05 bits per heavy atom. The molecule has 1 aliphatic rings. The highest BCUT2D eigenvalue weighted by Crippen LogP contribution is 2.30. The molecule has 42 heavy (non-hydrogen) atoms. The largest absolute Gasteiger partial charge is 0.480 e. The molecule has 0 saturated heterocycles. The van der Waals surface area contributed by atoms with E-state index in [1.807, 2.05) is 43.3 Å². The highest BCUT2D eigenvalue weighted by atomic mass is 32.2. The van der Waals surface area contributed by atoms with Crippen molar-refractivity contribution in [1.82, 2.24) is 10.6 Å². The number of ether oxygens (including phenoxy) is 1. The van der Waals surface area contributed by atoms with Crippen LogP contribution in [0.1, 0.15) is 87.2 Å². The number of benzene rings is 2. The summed E-state index contributed by atoms with van der Waals surface area (Å²) in [5.41, 5.74) is 3.68. The van der Waals surface area contributed by atoms with Crippen molar-refractivity contribution in [2.24, 2.45) is 5.92 Å². The van der Waals surface area contributed by atoms with Crippen LogP contribution in [0.4, 0.5) is 0 Å². The number of carboxylic acid groups (broad SMARTS) is 1. The number of carbonyl (C=O) groups excluding carboxylic acids is 1. The minimum absolute atomic E-state index is 0.198. The Kier molecular flexibility index (Phi) is 12.1. The van der Waals surface area contributed by atoms with Crippen LogP contribution in [-0.2, 0) is 25.9 Å². The number of aryl methyl sites for hydroxylation is 1. The predicted molar refractivity (Wildman–Crippen MR) is 167 cm³/mol. The van der Waals surface area contributed by atoms with Gasteiger partial charge in [0.15, 0.2) is 0 Å². The first-order valence-corrected chi connectivity index (χ1v) is 17.1. The van der Waals surface area contributed by atoms with Crippen LogP contribution in [0, 0.1) is 12.8 Å². The third-order valence-corrected chi connectivity index (χ3v) is 8.78. The van der Waals surface area contributed by atoms with Crippen LogP contribution in [0.5, 0.6) is 0 Å². The molecule has 1 saturated carbocycles. The molecule has 2 aromatic carbocycles. The topological polar surface area (TPSA) is 122 Å². The van der Waals surface area contributed by atoms with Crippen molar-refractivity contribution in [3.8, 4) is 11.1 Å². The summed E-state index contributed by atoms with van der Waals surface area (Å²) in [6, 6.07) is 12.2. The van der Waals surface area contributed by atoms with Crippen LogP contribution in [0.3, 0.4) is 0 Å². The molecule has 3 N–H and O–H groups in total. The Morgan fingerprint density at radius 3 is 2.36 bits per heavy atom. The van der Waals surface area contributed by atoms with E-state index in [1.54, 1.807) is 6.07 Å². The number of sulfone groups is 1. The van der Waals surface area contributed by atoms with Crippen LogP contribution in [0.15, 0.2) is 42.5 Å². The Labute approximate surface area is 251 Å². The van der Waals surface area contributed by atoms with Crippen molar-refractivity contribution < 1.29 is 27.9 Å². The maximum atomic E-state index is 13.4. The van der Waals surface area contributed by atoms with E-state index < -0.39 is 27.8 Å². The third kappa shape index (κ3) is 11.2. The zero-order valence-electron chi connectivity index (χ0n) is 25.7. The van der Waals surface area contributed by atoms with E-state index in [2.05, 4.69) is 31.4 Å². The number of carboxylic acids is 1. The third-order valence-electron chi connectivity index (χ3n) is 7.80. The van der Waals surface area contributed by atoms with Gasteiger partial charge >= 0.3 is 5.97 Å². The molecule has 2 aromatic rings. The quantitative estimate of drug-likeness (QED) is 0.261. The molecule has 1 fully saturated rings. The smallest absolute Gasteiger partial charge is 0.326 e. The summed E-state index contributed by atoms with van der Waals surface area (Å²) in [7, 11) is -3.38. The van der Waals surface area contributed by atoms with Gasteiger partial charge in [-0.05, 0) is 80.8 Å². The van der Waals surface area contributed by atoms with Crippen molar-refractivity contribution in [3.63, 3.8) is 0 Å². The molecule has 0 aliphatic heterocycles. The van der Waals surface area contributed by atoms with Crippen molar-refractivity contribution in [3.05, 3.63) is 59.2 Å². The maximum absolute atomic E-state index is 13.4. The number of carbonyl (C=O) groups is 2. The van der Waals surface area contributed by atoms with Gasteiger partial charge in [0.2, 0.25) is 0 Å². The Hall–Kier alpha value is -2.75. The fourth-order valence-corrected chi connectivity index (χ4v) is 6.13. The molecule has 2 atom stereocenters. The summed E-state index contributed by atoms with van der Waals surface area (Å²) in [5, 5.41) is 15.9. The van der Waals surface area contributed by atoms with E-state index in [-0.39, 0.29) is 23.8 Å². The summed E-state index contributed by atoms with van der Waals surface area (Å²) in [6.07, 6.45) is 8.32. The molecule has 1 amide bonds. The molecule has 0 radical (unpaired) electrons. The second kappa shape index (κ2) is 15.1. The van der Waals surface area contributed by atoms with Crippen LogP contribution in [0.2, 0.25) is 0 Å². The normalized spacial score (nSPS) is 16.1. The molecular weight excluding hydrogens is 552 g/mol. The fourth-order valence-electron chi connectivity index (χ4n) is 5.47. The van der Waals surface area contributed by atoms with Gasteiger partial charge in [-0.1, -0.05) is 62.4 Å². The summed E-state index contributed by atoms with van der Waals surface area (Å²) in [4.78, 5) is 25.2. The van der Waals surface area contributed by atoms with Gasteiger partial charge in [0.25, 0.3) is 5.91 Å². The lowest BCUT2D eigenvalue weighted by Gasteiger charge is -2.30. The highest BCUT2D eigenvalue weighted by Gasteiger charge is 2.25. The van der Waals surface area contributed by atoms with Gasteiger partial charge in [0.1, 0.15) is 15.9 Å². The average Bonchev–Trinajstić information content (AvgIpc) is 2.92. The minimum Gasteiger partial charge on any atom is -0.480 e. The fraction of sp³-hybridized carbons (Fsp3) is 0.576. The molecule has 0 heterocycles. The van der Waals surface area contributed by atoms with E-state index in [0.717, 1.165) is 29.4 Å². The SMILES string of the molecule is Cc1ccccc1-c1cc(CN[C@@H](COC(C)(C)C)CC2CCCCC2)ccc1C(=O)N[C@@H](CCS(C)(=O)=O)C(=O)O. The molecule has 8 nitrogen and oxygen atoms in total. The van der Waals surface area contributed by atoms with Crippen molar-refractivity contribution >= 4 is 21.7 Å². The van der Waals surface area contributed by atoms with Gasteiger partial charge in [-0.15, -0.1) is 0 Å².